The first kappa shape index (κ1) is 3.93. The first-order valence-electron chi connectivity index (χ1n) is 2.94. The van der Waals surface area contributed by atoms with Gasteiger partial charge in [0.2, 0.25) is 0 Å². The zero-order chi connectivity index (χ0) is 9.50. The Hall–Kier alpha value is 0.01000. The summed E-state index contributed by atoms with van der Waals surface area (Å²) >= 11 is 4.13. The zero-order valence-corrected chi connectivity index (χ0v) is 4.15. The van der Waals surface area contributed by atoms with Crippen LogP contribution >= 0.6 is 11.6 Å². The van der Waals surface area contributed by atoms with E-state index in [0.29, 0.717) is 0 Å². The Kier molecular flexibility index (Phi) is 0.862. The molecular formula is C3H3ClF4. The molecule has 0 saturated heterocycles. The number of hydrogen-bond donors (Lipinski definition) is 0. The van der Waals surface area contributed by atoms with Gasteiger partial charge >= 0.3 is 6.18 Å². The lowest BCUT2D eigenvalue weighted by Gasteiger charge is -2.14. The van der Waals surface area contributed by atoms with Crippen molar-refractivity contribution in [3.8, 4) is 0 Å². The maximum atomic E-state index is 12.2. The van der Waals surface area contributed by atoms with Gasteiger partial charge in [-0.2, -0.15) is 13.2 Å². The van der Waals surface area contributed by atoms with Crippen molar-refractivity contribution in [3.05, 3.63) is 0 Å². The second kappa shape index (κ2) is 1.76. The van der Waals surface area contributed by atoms with Crippen LogP contribution in [-0.4, -0.2) is 11.3 Å². The highest BCUT2D eigenvalue weighted by Gasteiger charge is 2.50. The average molecular weight is 154 g/mol. The van der Waals surface area contributed by atoms with Crippen LogP contribution in [0, 0.1) is 0 Å². The van der Waals surface area contributed by atoms with Gasteiger partial charge in [0.25, 0.3) is 5.13 Å². The molecule has 0 aliphatic carbocycles. The maximum Gasteiger partial charge on any atom is 0.436 e. The molecule has 0 aromatic heterocycles. The van der Waals surface area contributed by atoms with Crippen LogP contribution in [0.1, 0.15) is 11.0 Å². The second-order valence-corrected chi connectivity index (χ2v) is 1.59. The molecule has 0 fully saturated rings. The topological polar surface area (TPSA) is 0 Å². The molecule has 0 aromatic carbocycles. The summed E-state index contributed by atoms with van der Waals surface area (Å²) in [6.45, 7) is -3.90. The molecule has 1 atom stereocenters. The van der Waals surface area contributed by atoms with Crippen LogP contribution in [0.3, 0.4) is 0 Å². The molecule has 0 amide bonds. The van der Waals surface area contributed by atoms with Gasteiger partial charge in [-0.25, -0.2) is 4.39 Å². The van der Waals surface area contributed by atoms with Gasteiger partial charge < -0.3 is 0 Å². The predicted octanol–water partition coefficient (Wildman–Crippen LogP) is 2.47. The summed E-state index contributed by atoms with van der Waals surface area (Å²) < 4.78 is 64.9. The predicted molar refractivity (Wildman–Crippen MR) is 21.4 cm³/mol. The van der Waals surface area contributed by atoms with E-state index < -0.39 is 18.2 Å². The molecule has 5 heteroatoms. The molecule has 0 N–H and O–H groups in total. The minimum absolute atomic E-state index is 3.90. The van der Waals surface area contributed by atoms with Crippen molar-refractivity contribution in [1.82, 2.24) is 0 Å². The maximum absolute atomic E-state index is 12.2. The van der Waals surface area contributed by atoms with E-state index in [9.17, 15) is 17.6 Å². The van der Waals surface area contributed by atoms with Crippen molar-refractivity contribution in [2.75, 3.05) is 0 Å². The molecule has 0 spiro atoms. The highest BCUT2D eigenvalue weighted by atomic mass is 35.5. The van der Waals surface area contributed by atoms with Gasteiger partial charge in [-0.3, -0.25) is 0 Å². The summed E-state index contributed by atoms with van der Waals surface area (Å²) in [5.74, 6) is 0. The molecule has 1 unspecified atom stereocenters. The Balaban J connectivity index is 4.75. The van der Waals surface area contributed by atoms with Gasteiger partial charge in [-0.1, -0.05) is 11.6 Å². The normalized spacial score (nSPS) is 27.4. The lowest BCUT2D eigenvalue weighted by atomic mass is 10.4. The van der Waals surface area contributed by atoms with E-state index in [0.717, 1.165) is 0 Å². The Morgan fingerprint density at radius 2 is 1.75 bits per heavy atom. The molecule has 0 aliphatic heterocycles. The lowest BCUT2D eigenvalue weighted by Crippen LogP contribution is -2.31. The first-order valence-corrected chi connectivity index (χ1v) is 1.82. The van der Waals surface area contributed by atoms with Crippen LogP contribution in [-0.2, 0) is 0 Å². The summed E-state index contributed by atoms with van der Waals surface area (Å²) in [6, 6.07) is 0. The van der Waals surface area contributed by atoms with Gasteiger partial charge in [0.05, 0.1) is 0 Å². The monoisotopic (exact) mass is 153 g/mol. The third-order valence-corrected chi connectivity index (χ3v) is 0.570. The van der Waals surface area contributed by atoms with Gasteiger partial charge in [0, 0.05) is 4.11 Å². The number of alkyl halides is 5. The Morgan fingerprint density at radius 1 is 1.38 bits per heavy atom. The molecule has 8 heavy (non-hydrogen) atoms. The minimum atomic E-state index is -5.58. The van der Waals surface area contributed by atoms with Crippen molar-refractivity contribution in [3.63, 3.8) is 0 Å². The van der Waals surface area contributed by atoms with Crippen LogP contribution < -0.4 is 0 Å². The standard InChI is InChI=1S/C3H3ClF4/c1-2(4,5)3(6,7)8/h1H3/i1D3. The van der Waals surface area contributed by atoms with Crippen molar-refractivity contribution in [2.45, 2.75) is 18.2 Å². The van der Waals surface area contributed by atoms with Crippen molar-refractivity contribution in [2.24, 2.45) is 0 Å². The van der Waals surface area contributed by atoms with Crippen LogP contribution in [0.2, 0.25) is 0 Å². The summed E-state index contributed by atoms with van der Waals surface area (Å²) in [5, 5.41) is -4.65. The SMILES string of the molecule is [2H]C([2H])([2H])C(F)(Cl)C(F)(F)F. The quantitative estimate of drug-likeness (QED) is 0.371. The second-order valence-electron chi connectivity index (χ2n) is 1.07. The average Bonchev–Trinajstić information content (AvgIpc) is 1.58. The summed E-state index contributed by atoms with van der Waals surface area (Å²) in [4.78, 5) is 0. The third-order valence-electron chi connectivity index (χ3n) is 0.356. The number of hydrogen-bond acceptors (Lipinski definition) is 0. The van der Waals surface area contributed by atoms with Crippen molar-refractivity contribution in [1.29, 1.82) is 0 Å². The summed E-state index contributed by atoms with van der Waals surface area (Å²) in [6.07, 6.45) is -5.58. The highest BCUT2D eigenvalue weighted by molar-refractivity contribution is 6.23. The fraction of sp³-hybridized carbons (Fsp3) is 1.00. The Labute approximate surface area is 52.6 Å². The molecule has 0 aromatic rings. The smallest absolute Gasteiger partial charge is 0.216 e. The van der Waals surface area contributed by atoms with E-state index in [4.69, 9.17) is 4.11 Å². The van der Waals surface area contributed by atoms with Crippen molar-refractivity contribution < 1.29 is 21.7 Å². The van der Waals surface area contributed by atoms with Crippen LogP contribution in [0.15, 0.2) is 0 Å². The molecule has 0 saturated carbocycles. The van der Waals surface area contributed by atoms with Crippen LogP contribution in [0.25, 0.3) is 0 Å². The van der Waals surface area contributed by atoms with E-state index in [2.05, 4.69) is 11.6 Å². The van der Waals surface area contributed by atoms with Crippen LogP contribution in [0.4, 0.5) is 17.6 Å². The van der Waals surface area contributed by atoms with Gasteiger partial charge in [0.15, 0.2) is 0 Å². The number of rotatable bonds is 0. The fourth-order valence-corrected chi connectivity index (χ4v) is 0. The van der Waals surface area contributed by atoms with Gasteiger partial charge in [-0.05, 0) is 6.85 Å². The molecule has 0 aliphatic rings. The van der Waals surface area contributed by atoms with Gasteiger partial charge in [-0.15, -0.1) is 0 Å². The van der Waals surface area contributed by atoms with E-state index >= 15 is 0 Å². The highest BCUT2D eigenvalue weighted by Crippen LogP contribution is 2.36. The van der Waals surface area contributed by atoms with E-state index in [1.165, 1.54) is 0 Å². The Bertz CT molecular complexity index is 132. The molecule has 50 valence electrons. The Morgan fingerprint density at radius 3 is 1.75 bits per heavy atom. The lowest BCUT2D eigenvalue weighted by molar-refractivity contribution is -0.192. The van der Waals surface area contributed by atoms with Crippen LogP contribution in [0.5, 0.6) is 0 Å². The molecule has 0 radical (unpaired) electrons. The van der Waals surface area contributed by atoms with Gasteiger partial charge in [0.1, 0.15) is 0 Å². The fourth-order valence-electron chi connectivity index (χ4n) is 0. The summed E-state index contributed by atoms with van der Waals surface area (Å²) in [7, 11) is 0. The minimum Gasteiger partial charge on any atom is -0.216 e. The molecule has 0 nitrogen and oxygen atoms in total. The largest absolute Gasteiger partial charge is 0.436 e. The van der Waals surface area contributed by atoms with Crippen molar-refractivity contribution >= 4 is 11.6 Å². The van der Waals surface area contributed by atoms with E-state index in [1.807, 2.05) is 0 Å². The summed E-state index contributed by atoms with van der Waals surface area (Å²) in [5.41, 5.74) is 0. The third kappa shape index (κ3) is 1.86. The molecular weight excluding hydrogens is 147 g/mol. The zero-order valence-electron chi connectivity index (χ0n) is 6.39. The van der Waals surface area contributed by atoms with E-state index in [-0.39, 0.29) is 0 Å². The molecule has 0 heterocycles. The first-order chi connectivity index (χ1) is 4.50. The molecule has 0 rings (SSSR count). The molecule has 0 bridgehead atoms. The van der Waals surface area contributed by atoms with E-state index in [1.54, 1.807) is 0 Å². The number of halogens is 5.